The molecule has 1 aromatic rings. The van der Waals surface area contributed by atoms with Crippen molar-refractivity contribution < 1.29 is 14.8 Å². The maximum atomic E-state index is 8.66. The zero-order valence-electron chi connectivity index (χ0n) is 8.06. The van der Waals surface area contributed by atoms with Gasteiger partial charge in [-0.25, -0.2) is 4.98 Å². The Morgan fingerprint density at radius 2 is 1.92 bits per heavy atom. The van der Waals surface area contributed by atoms with E-state index in [0.717, 1.165) is 0 Å². The summed E-state index contributed by atoms with van der Waals surface area (Å²) in [7, 11) is 0.0330. The van der Waals surface area contributed by atoms with Gasteiger partial charge in [0.05, 0.1) is 7.11 Å². The highest BCUT2D eigenvalue weighted by molar-refractivity contribution is 6.58. The summed E-state index contributed by atoms with van der Waals surface area (Å²) in [6.45, 7) is 4.00. The number of ether oxygens (including phenoxy) is 1. The first-order valence-corrected chi connectivity index (χ1v) is 4.10. The molecule has 0 amide bonds. The zero-order chi connectivity index (χ0) is 10.3. The largest absolute Gasteiger partial charge is 0.490 e. The van der Waals surface area contributed by atoms with Gasteiger partial charge in [-0.2, -0.15) is 0 Å². The van der Waals surface area contributed by atoms with Crippen molar-refractivity contribution >= 4 is 12.6 Å². The van der Waals surface area contributed by atoms with Crippen LogP contribution in [0, 0.1) is 0 Å². The summed E-state index contributed by atoms with van der Waals surface area (Å²) in [5.74, 6) is 0.453. The summed E-state index contributed by atoms with van der Waals surface area (Å²) < 4.78 is 4.77. The fraction of sp³-hybridized carbons (Fsp3) is 0.375. The predicted molar refractivity (Wildman–Crippen MR) is 52.0 cm³/mol. The number of hydrogen-bond donors (Lipinski definition) is 2. The Kier molecular flexibility index (Phi) is 5.92. The van der Waals surface area contributed by atoms with E-state index in [-0.39, 0.29) is 0 Å². The number of pyridine rings is 1. The monoisotopic (exact) mass is 183 g/mol. The molecule has 1 rings (SSSR count). The third-order valence-corrected chi connectivity index (χ3v) is 1.27. The van der Waals surface area contributed by atoms with Gasteiger partial charge in [0.25, 0.3) is 0 Å². The summed E-state index contributed by atoms with van der Waals surface area (Å²) in [5.41, 5.74) is 0.353. The summed E-state index contributed by atoms with van der Waals surface area (Å²) in [6.07, 6.45) is 1.35. The Morgan fingerprint density at radius 1 is 1.31 bits per heavy atom. The Morgan fingerprint density at radius 3 is 2.23 bits per heavy atom. The van der Waals surface area contributed by atoms with Crippen LogP contribution in [0.2, 0.25) is 0 Å². The molecule has 0 fully saturated rings. The molecule has 1 heterocycles. The van der Waals surface area contributed by atoms with Crippen LogP contribution in [0.5, 0.6) is 5.88 Å². The molecule has 0 atom stereocenters. The van der Waals surface area contributed by atoms with Crippen molar-refractivity contribution in [2.24, 2.45) is 0 Å². The molecule has 0 aromatic carbocycles. The third-order valence-electron chi connectivity index (χ3n) is 1.27. The van der Waals surface area contributed by atoms with Gasteiger partial charge >= 0.3 is 7.12 Å². The van der Waals surface area contributed by atoms with Gasteiger partial charge in [-0.15, -0.1) is 0 Å². The van der Waals surface area contributed by atoms with Crippen molar-refractivity contribution in [3.8, 4) is 5.88 Å². The van der Waals surface area contributed by atoms with Crippen LogP contribution in [0.1, 0.15) is 13.8 Å². The molecule has 0 aliphatic carbocycles. The molecule has 0 unspecified atom stereocenters. The SMILES string of the molecule is CC.COc1ccc(B(O)O)cn1. The molecule has 2 N–H and O–H groups in total. The molecular weight excluding hydrogens is 169 g/mol. The second-order valence-corrected chi connectivity index (χ2v) is 2.01. The van der Waals surface area contributed by atoms with Crippen LogP contribution in [0.4, 0.5) is 0 Å². The van der Waals surface area contributed by atoms with Crippen LogP contribution >= 0.6 is 0 Å². The van der Waals surface area contributed by atoms with Crippen molar-refractivity contribution in [1.29, 1.82) is 0 Å². The number of methoxy groups -OCH3 is 1. The molecule has 5 heteroatoms. The van der Waals surface area contributed by atoms with Crippen LogP contribution in [-0.2, 0) is 0 Å². The number of nitrogens with zero attached hydrogens (tertiary/aromatic N) is 1. The number of aromatic nitrogens is 1. The average molecular weight is 183 g/mol. The zero-order valence-corrected chi connectivity index (χ0v) is 8.06. The van der Waals surface area contributed by atoms with Gasteiger partial charge in [0.15, 0.2) is 0 Å². The molecule has 0 spiro atoms. The smallest absolute Gasteiger partial charge is 0.481 e. The average Bonchev–Trinajstić information content (AvgIpc) is 2.21. The lowest BCUT2D eigenvalue weighted by Gasteiger charge is -1.99. The molecule has 0 aliphatic rings. The fourth-order valence-electron chi connectivity index (χ4n) is 0.665. The van der Waals surface area contributed by atoms with Gasteiger partial charge in [-0.3, -0.25) is 0 Å². The summed E-state index contributed by atoms with van der Waals surface area (Å²) in [6, 6.07) is 3.10. The first kappa shape index (κ1) is 11.9. The van der Waals surface area contributed by atoms with Crippen LogP contribution in [-0.4, -0.2) is 29.3 Å². The summed E-state index contributed by atoms with van der Waals surface area (Å²) >= 11 is 0. The number of hydrogen-bond acceptors (Lipinski definition) is 4. The third kappa shape index (κ3) is 3.91. The van der Waals surface area contributed by atoms with Gasteiger partial charge in [0.1, 0.15) is 0 Å². The molecule has 0 bridgehead atoms. The van der Waals surface area contributed by atoms with Gasteiger partial charge in [-0.05, 0) is 6.07 Å². The molecule has 4 nitrogen and oxygen atoms in total. The Hall–Kier alpha value is -1.07. The van der Waals surface area contributed by atoms with E-state index in [1.165, 1.54) is 19.4 Å². The van der Waals surface area contributed by atoms with E-state index in [4.69, 9.17) is 14.8 Å². The molecule has 72 valence electrons. The summed E-state index contributed by atoms with van der Waals surface area (Å²) in [4.78, 5) is 3.78. The van der Waals surface area contributed by atoms with E-state index in [2.05, 4.69) is 4.98 Å². The van der Waals surface area contributed by atoms with Crippen molar-refractivity contribution in [3.63, 3.8) is 0 Å². The van der Waals surface area contributed by atoms with E-state index in [1.807, 2.05) is 13.8 Å². The van der Waals surface area contributed by atoms with Crippen molar-refractivity contribution in [1.82, 2.24) is 4.98 Å². The fourth-order valence-corrected chi connectivity index (χ4v) is 0.665. The van der Waals surface area contributed by atoms with Crippen molar-refractivity contribution in [2.75, 3.05) is 7.11 Å². The highest BCUT2D eigenvalue weighted by atomic mass is 16.5. The first-order chi connectivity index (χ1) is 6.24. The lowest BCUT2D eigenvalue weighted by molar-refractivity contribution is 0.397. The molecule has 0 radical (unpaired) electrons. The lowest BCUT2D eigenvalue weighted by atomic mass is 9.82. The Labute approximate surface area is 78.3 Å². The van der Waals surface area contributed by atoms with Crippen LogP contribution in [0.25, 0.3) is 0 Å². The van der Waals surface area contributed by atoms with Gasteiger partial charge in [0.2, 0.25) is 5.88 Å². The molecule has 0 saturated heterocycles. The summed E-state index contributed by atoms with van der Waals surface area (Å²) in [5, 5.41) is 17.3. The standard InChI is InChI=1S/C6H8BNO3.C2H6/c1-11-6-3-2-5(4-8-6)7(9)10;1-2/h2-4,9-10H,1H3;1-2H3. The van der Waals surface area contributed by atoms with E-state index < -0.39 is 7.12 Å². The molecular formula is C8H14BNO3. The Bertz CT molecular complexity index is 225. The normalized spacial score (nSPS) is 8.38. The van der Waals surface area contributed by atoms with Crippen LogP contribution in [0.15, 0.2) is 18.3 Å². The van der Waals surface area contributed by atoms with E-state index in [1.54, 1.807) is 6.07 Å². The predicted octanol–water partition coefficient (Wildman–Crippen LogP) is -0.204. The van der Waals surface area contributed by atoms with Crippen molar-refractivity contribution in [3.05, 3.63) is 18.3 Å². The van der Waals surface area contributed by atoms with Gasteiger partial charge in [-0.1, -0.05) is 19.9 Å². The quantitative estimate of drug-likeness (QED) is 0.623. The highest BCUT2D eigenvalue weighted by Crippen LogP contribution is 1.99. The topological polar surface area (TPSA) is 62.6 Å². The van der Waals surface area contributed by atoms with Crippen LogP contribution < -0.4 is 10.2 Å². The molecule has 1 aromatic heterocycles. The molecule has 0 saturated carbocycles. The van der Waals surface area contributed by atoms with E-state index in [0.29, 0.717) is 11.3 Å². The van der Waals surface area contributed by atoms with E-state index in [9.17, 15) is 0 Å². The lowest BCUT2D eigenvalue weighted by Crippen LogP contribution is -2.29. The van der Waals surface area contributed by atoms with Gasteiger partial charge < -0.3 is 14.8 Å². The second kappa shape index (κ2) is 6.45. The maximum absolute atomic E-state index is 8.66. The minimum atomic E-state index is -1.46. The second-order valence-electron chi connectivity index (χ2n) is 2.01. The van der Waals surface area contributed by atoms with Crippen LogP contribution in [0.3, 0.4) is 0 Å². The van der Waals surface area contributed by atoms with Gasteiger partial charge in [0, 0.05) is 11.7 Å². The van der Waals surface area contributed by atoms with Crippen molar-refractivity contribution in [2.45, 2.75) is 13.8 Å². The minimum absolute atomic E-state index is 0.353. The minimum Gasteiger partial charge on any atom is -0.481 e. The maximum Gasteiger partial charge on any atom is 0.490 e. The molecule has 0 aliphatic heterocycles. The highest BCUT2D eigenvalue weighted by Gasteiger charge is 2.10. The first-order valence-electron chi connectivity index (χ1n) is 4.10. The number of rotatable bonds is 2. The Balaban J connectivity index is 0.000000671. The molecule has 13 heavy (non-hydrogen) atoms. The van der Waals surface area contributed by atoms with E-state index >= 15 is 0 Å².